The van der Waals surface area contributed by atoms with Gasteiger partial charge in [0.25, 0.3) is 0 Å². The first-order chi connectivity index (χ1) is 9.86. The molecule has 2 aromatic carbocycles. The minimum atomic E-state index is -4.43. The van der Waals surface area contributed by atoms with Gasteiger partial charge in [-0.15, -0.1) is 0 Å². The third-order valence-corrected chi connectivity index (χ3v) is 3.03. The van der Waals surface area contributed by atoms with Gasteiger partial charge >= 0.3 is 6.18 Å². The van der Waals surface area contributed by atoms with Gasteiger partial charge in [-0.1, -0.05) is 12.1 Å². The zero-order valence-corrected chi connectivity index (χ0v) is 10.3. The lowest BCUT2D eigenvalue weighted by Gasteiger charge is -2.06. The molecule has 21 heavy (non-hydrogen) atoms. The third-order valence-electron chi connectivity index (χ3n) is 3.03. The summed E-state index contributed by atoms with van der Waals surface area (Å²) in [5, 5.41) is 0. The number of nitrogens with zero attached hydrogens (tertiary/aromatic N) is 1. The van der Waals surface area contributed by atoms with Crippen molar-refractivity contribution in [3.05, 3.63) is 53.6 Å². The lowest BCUT2D eigenvalue weighted by atomic mass is 10.1. The molecular formula is C14H7F5N2. The zero-order valence-electron chi connectivity index (χ0n) is 10.3. The summed E-state index contributed by atoms with van der Waals surface area (Å²) in [6.07, 6.45) is -4.43. The van der Waals surface area contributed by atoms with E-state index >= 15 is 0 Å². The lowest BCUT2D eigenvalue weighted by molar-refractivity contribution is -0.137. The molecule has 0 spiro atoms. The fraction of sp³-hybridized carbons (Fsp3) is 0.0714. The summed E-state index contributed by atoms with van der Waals surface area (Å²) in [4.78, 5) is 6.62. The second kappa shape index (κ2) is 4.54. The van der Waals surface area contributed by atoms with Gasteiger partial charge in [0, 0.05) is 5.56 Å². The number of imidazole rings is 1. The van der Waals surface area contributed by atoms with Crippen LogP contribution in [0, 0.1) is 11.6 Å². The molecule has 1 aromatic heterocycles. The number of aromatic nitrogens is 2. The Morgan fingerprint density at radius 3 is 2.19 bits per heavy atom. The Kier molecular flexibility index (Phi) is 2.93. The Hall–Kier alpha value is -2.44. The number of benzene rings is 2. The Morgan fingerprint density at radius 1 is 0.905 bits per heavy atom. The van der Waals surface area contributed by atoms with Crippen LogP contribution in [0.3, 0.4) is 0 Å². The van der Waals surface area contributed by atoms with Crippen molar-refractivity contribution in [1.82, 2.24) is 9.97 Å². The smallest absolute Gasteiger partial charge is 0.338 e. The minimum absolute atomic E-state index is 0.170. The number of nitrogens with one attached hydrogen (secondary N) is 1. The monoisotopic (exact) mass is 298 g/mol. The Balaban J connectivity index is 2.06. The summed E-state index contributed by atoms with van der Waals surface area (Å²) in [5.74, 6) is -1.96. The molecule has 1 N–H and O–H groups in total. The average Bonchev–Trinajstić information content (AvgIpc) is 2.87. The minimum Gasteiger partial charge on any atom is -0.338 e. The molecule has 3 rings (SSSR count). The molecule has 0 fully saturated rings. The van der Waals surface area contributed by atoms with Crippen molar-refractivity contribution in [3.8, 4) is 11.4 Å². The molecule has 1 heterocycles. The normalized spacial score (nSPS) is 12.0. The van der Waals surface area contributed by atoms with Crippen molar-refractivity contribution in [2.24, 2.45) is 0 Å². The van der Waals surface area contributed by atoms with Gasteiger partial charge in [-0.3, -0.25) is 0 Å². The van der Waals surface area contributed by atoms with E-state index in [0.29, 0.717) is 5.56 Å². The van der Waals surface area contributed by atoms with Gasteiger partial charge < -0.3 is 4.98 Å². The Bertz CT molecular complexity index is 803. The molecule has 0 saturated heterocycles. The van der Waals surface area contributed by atoms with Crippen molar-refractivity contribution in [2.45, 2.75) is 6.18 Å². The van der Waals surface area contributed by atoms with Crippen LogP contribution in [0.1, 0.15) is 5.56 Å². The van der Waals surface area contributed by atoms with E-state index in [9.17, 15) is 22.0 Å². The van der Waals surface area contributed by atoms with Gasteiger partial charge in [-0.25, -0.2) is 13.8 Å². The first-order valence-corrected chi connectivity index (χ1v) is 5.87. The molecule has 3 aromatic rings. The molecule has 0 bridgehead atoms. The maximum Gasteiger partial charge on any atom is 0.416 e. The van der Waals surface area contributed by atoms with Crippen LogP contribution in [0.4, 0.5) is 22.0 Å². The molecule has 2 nitrogen and oxygen atoms in total. The number of halogens is 5. The van der Waals surface area contributed by atoms with Crippen LogP contribution in [0.15, 0.2) is 36.4 Å². The van der Waals surface area contributed by atoms with Gasteiger partial charge in [0.05, 0.1) is 11.1 Å². The van der Waals surface area contributed by atoms with Crippen molar-refractivity contribution in [2.75, 3.05) is 0 Å². The maximum atomic E-state index is 13.5. The second-order valence-corrected chi connectivity index (χ2v) is 4.42. The van der Waals surface area contributed by atoms with E-state index in [-0.39, 0.29) is 16.9 Å². The number of alkyl halides is 3. The summed E-state index contributed by atoms with van der Waals surface area (Å²) in [5.41, 5.74) is -0.368. The fourth-order valence-corrected chi connectivity index (χ4v) is 1.97. The van der Waals surface area contributed by atoms with Gasteiger partial charge in [-0.2, -0.15) is 13.2 Å². The van der Waals surface area contributed by atoms with E-state index in [2.05, 4.69) is 9.97 Å². The number of aromatic amines is 1. The maximum absolute atomic E-state index is 13.5. The first-order valence-electron chi connectivity index (χ1n) is 5.87. The number of hydrogen-bond acceptors (Lipinski definition) is 1. The quantitative estimate of drug-likeness (QED) is 0.657. The molecule has 0 radical (unpaired) electrons. The fourth-order valence-electron chi connectivity index (χ4n) is 1.97. The molecule has 0 saturated carbocycles. The van der Waals surface area contributed by atoms with E-state index in [1.807, 2.05) is 0 Å². The zero-order chi connectivity index (χ0) is 15.2. The molecule has 0 aliphatic heterocycles. The largest absolute Gasteiger partial charge is 0.416 e. The van der Waals surface area contributed by atoms with E-state index in [1.54, 1.807) is 0 Å². The van der Waals surface area contributed by atoms with Crippen molar-refractivity contribution >= 4 is 11.0 Å². The average molecular weight is 298 g/mol. The van der Waals surface area contributed by atoms with E-state index in [0.717, 1.165) is 18.2 Å². The molecule has 0 amide bonds. The summed E-state index contributed by atoms with van der Waals surface area (Å²) >= 11 is 0. The predicted molar refractivity (Wildman–Crippen MR) is 66.4 cm³/mol. The van der Waals surface area contributed by atoms with Gasteiger partial charge in [0.1, 0.15) is 11.3 Å². The number of fused-ring (bicyclic) bond motifs is 1. The second-order valence-electron chi connectivity index (χ2n) is 4.42. The van der Waals surface area contributed by atoms with Gasteiger partial charge in [0.2, 0.25) is 0 Å². The molecule has 0 aliphatic rings. The number of H-pyrrole nitrogens is 1. The highest BCUT2D eigenvalue weighted by atomic mass is 19.4. The van der Waals surface area contributed by atoms with Crippen LogP contribution >= 0.6 is 0 Å². The predicted octanol–water partition coefficient (Wildman–Crippen LogP) is 4.53. The Labute approximate surface area is 115 Å². The van der Waals surface area contributed by atoms with E-state index < -0.39 is 23.4 Å². The molecule has 0 unspecified atom stereocenters. The lowest BCUT2D eigenvalue weighted by Crippen LogP contribution is -2.04. The number of hydrogen-bond donors (Lipinski definition) is 1. The third kappa shape index (κ3) is 2.35. The van der Waals surface area contributed by atoms with Crippen LogP contribution in [0.5, 0.6) is 0 Å². The topological polar surface area (TPSA) is 28.7 Å². The standard InChI is InChI=1S/C14H7F5N2/c15-9-5-6-10-12(11(9)16)21-13(20-10)7-1-3-8(4-2-7)14(17,18)19/h1-6H,(H,20,21). The van der Waals surface area contributed by atoms with Gasteiger partial charge in [-0.05, 0) is 24.3 Å². The van der Waals surface area contributed by atoms with Crippen molar-refractivity contribution in [3.63, 3.8) is 0 Å². The van der Waals surface area contributed by atoms with Crippen LogP contribution in [0.2, 0.25) is 0 Å². The highest BCUT2D eigenvalue weighted by Gasteiger charge is 2.30. The number of rotatable bonds is 1. The van der Waals surface area contributed by atoms with Crippen LogP contribution in [0.25, 0.3) is 22.4 Å². The highest BCUT2D eigenvalue weighted by molar-refractivity contribution is 5.80. The van der Waals surface area contributed by atoms with E-state index in [4.69, 9.17) is 0 Å². The SMILES string of the molecule is Fc1ccc2[nH]c(-c3ccc(C(F)(F)F)cc3)nc2c1F. The summed E-state index contributed by atoms with van der Waals surface area (Å²) in [7, 11) is 0. The van der Waals surface area contributed by atoms with E-state index in [1.165, 1.54) is 18.2 Å². The van der Waals surface area contributed by atoms with Crippen LogP contribution < -0.4 is 0 Å². The van der Waals surface area contributed by atoms with Crippen molar-refractivity contribution < 1.29 is 22.0 Å². The van der Waals surface area contributed by atoms with Gasteiger partial charge in [0.15, 0.2) is 11.6 Å². The van der Waals surface area contributed by atoms with Crippen molar-refractivity contribution in [1.29, 1.82) is 0 Å². The molecular weight excluding hydrogens is 291 g/mol. The van der Waals surface area contributed by atoms with Crippen LogP contribution in [-0.2, 0) is 6.18 Å². The molecule has 0 atom stereocenters. The summed E-state index contributed by atoms with van der Waals surface area (Å²) in [6, 6.07) is 6.50. The van der Waals surface area contributed by atoms with Crippen LogP contribution in [-0.4, -0.2) is 9.97 Å². The summed E-state index contributed by atoms with van der Waals surface area (Å²) < 4.78 is 64.0. The highest BCUT2D eigenvalue weighted by Crippen LogP contribution is 2.31. The first kappa shape index (κ1) is 13.5. The molecule has 7 heteroatoms. The molecule has 108 valence electrons. The molecule has 0 aliphatic carbocycles. The summed E-state index contributed by atoms with van der Waals surface area (Å²) in [6.45, 7) is 0. The Morgan fingerprint density at radius 2 is 1.57 bits per heavy atom.